The van der Waals surface area contributed by atoms with Gasteiger partial charge in [-0.2, -0.15) is 5.10 Å². The Morgan fingerprint density at radius 2 is 1.87 bits per heavy atom. The number of aromatic nitrogens is 2. The summed E-state index contributed by atoms with van der Waals surface area (Å²) in [4.78, 5) is 23.0. The van der Waals surface area contributed by atoms with Crippen LogP contribution in [0.2, 0.25) is 0 Å². The van der Waals surface area contributed by atoms with Crippen LogP contribution in [0, 0.1) is 0 Å². The summed E-state index contributed by atoms with van der Waals surface area (Å²) in [7, 11) is 0. The Labute approximate surface area is 183 Å². The molecule has 6 nitrogen and oxygen atoms in total. The number of carbonyl (C=O) groups is 1. The number of thiophene rings is 1. The SMILES string of the molecule is O=C(c1cncc(-c2cccs2)c1)N1N=C(c2cccnc2)CC1c1ccccc1O. The second-order valence-corrected chi connectivity index (χ2v) is 8.10. The van der Waals surface area contributed by atoms with Gasteiger partial charge < -0.3 is 5.11 Å². The van der Waals surface area contributed by atoms with E-state index >= 15 is 0 Å². The number of hydrogen-bond donors (Lipinski definition) is 1. The van der Waals surface area contributed by atoms with E-state index in [1.54, 1.807) is 48.3 Å². The van der Waals surface area contributed by atoms with E-state index in [0.717, 1.165) is 21.7 Å². The molecule has 0 spiro atoms. The van der Waals surface area contributed by atoms with Gasteiger partial charge in [0.15, 0.2) is 0 Å². The molecule has 0 radical (unpaired) electrons. The molecule has 152 valence electrons. The van der Waals surface area contributed by atoms with Crippen molar-refractivity contribution < 1.29 is 9.90 Å². The number of hydrogen-bond acceptors (Lipinski definition) is 6. The molecule has 5 rings (SSSR count). The summed E-state index contributed by atoms with van der Waals surface area (Å²) in [5.41, 5.74) is 3.58. The number of phenolic OH excluding ortho intramolecular Hbond substituents is 1. The van der Waals surface area contributed by atoms with Crippen LogP contribution in [0.4, 0.5) is 0 Å². The lowest BCUT2D eigenvalue weighted by molar-refractivity contribution is 0.0709. The topological polar surface area (TPSA) is 78.7 Å². The largest absolute Gasteiger partial charge is 0.508 e. The zero-order valence-electron chi connectivity index (χ0n) is 16.4. The molecule has 1 aliphatic heterocycles. The fourth-order valence-corrected chi connectivity index (χ4v) is 4.39. The number of phenols is 1. The fourth-order valence-electron chi connectivity index (χ4n) is 3.68. The third-order valence-corrected chi connectivity index (χ3v) is 6.12. The molecule has 31 heavy (non-hydrogen) atoms. The second kappa shape index (κ2) is 8.12. The molecule has 0 bridgehead atoms. The van der Waals surface area contributed by atoms with Crippen molar-refractivity contribution in [2.75, 3.05) is 0 Å². The van der Waals surface area contributed by atoms with Crippen LogP contribution in [0.1, 0.15) is 33.9 Å². The van der Waals surface area contributed by atoms with E-state index in [-0.39, 0.29) is 11.7 Å². The standard InChI is InChI=1S/C24H18N4O2S/c29-22-7-2-1-6-19(22)21-12-20(16-5-3-9-25-13-16)27-28(21)24(30)18-11-17(14-26-15-18)23-8-4-10-31-23/h1-11,13-15,21,29H,12H2. The first kappa shape index (κ1) is 19.1. The summed E-state index contributed by atoms with van der Waals surface area (Å²) < 4.78 is 0. The minimum atomic E-state index is -0.422. The number of benzene rings is 1. The van der Waals surface area contributed by atoms with Gasteiger partial charge in [-0.25, -0.2) is 5.01 Å². The van der Waals surface area contributed by atoms with Gasteiger partial charge in [0.05, 0.1) is 17.3 Å². The van der Waals surface area contributed by atoms with Crippen LogP contribution in [0.15, 0.2) is 89.9 Å². The molecule has 7 heteroatoms. The van der Waals surface area contributed by atoms with Crippen LogP contribution in [-0.2, 0) is 0 Å². The van der Waals surface area contributed by atoms with Crippen LogP contribution < -0.4 is 0 Å². The molecular formula is C24H18N4O2S. The highest BCUT2D eigenvalue weighted by atomic mass is 32.1. The molecule has 4 aromatic rings. The number of pyridine rings is 2. The smallest absolute Gasteiger partial charge is 0.276 e. The average Bonchev–Trinajstić information content (AvgIpc) is 3.50. The fraction of sp³-hybridized carbons (Fsp3) is 0.0833. The summed E-state index contributed by atoms with van der Waals surface area (Å²) in [5, 5.41) is 18.5. The molecule has 1 atom stereocenters. The third kappa shape index (κ3) is 3.71. The lowest BCUT2D eigenvalue weighted by atomic mass is 9.98. The van der Waals surface area contributed by atoms with Gasteiger partial charge in [-0.3, -0.25) is 14.8 Å². The molecule has 1 N–H and O–H groups in total. The van der Waals surface area contributed by atoms with Crippen molar-refractivity contribution in [3.63, 3.8) is 0 Å². The Kier molecular flexibility index (Phi) is 5.01. The van der Waals surface area contributed by atoms with Gasteiger partial charge in [0.1, 0.15) is 5.75 Å². The number of amides is 1. The molecule has 3 aromatic heterocycles. The van der Waals surface area contributed by atoms with Crippen LogP contribution in [0.3, 0.4) is 0 Å². The maximum Gasteiger partial charge on any atom is 0.276 e. The molecular weight excluding hydrogens is 408 g/mol. The highest BCUT2D eigenvalue weighted by Crippen LogP contribution is 2.38. The number of aromatic hydroxyl groups is 1. The Morgan fingerprint density at radius 1 is 1.00 bits per heavy atom. The van der Waals surface area contributed by atoms with Gasteiger partial charge in [0, 0.05) is 52.8 Å². The maximum absolute atomic E-state index is 13.5. The van der Waals surface area contributed by atoms with Gasteiger partial charge in [0.2, 0.25) is 0 Å². The summed E-state index contributed by atoms with van der Waals surface area (Å²) >= 11 is 1.59. The molecule has 4 heterocycles. The first-order chi connectivity index (χ1) is 15.2. The zero-order chi connectivity index (χ0) is 21.2. The molecule has 0 fully saturated rings. The first-order valence-electron chi connectivity index (χ1n) is 9.79. The lowest BCUT2D eigenvalue weighted by Crippen LogP contribution is -2.27. The molecule has 0 saturated carbocycles. The van der Waals surface area contributed by atoms with Crippen LogP contribution in [-0.4, -0.2) is 31.7 Å². The first-order valence-corrected chi connectivity index (χ1v) is 10.7. The quantitative estimate of drug-likeness (QED) is 0.503. The number of carbonyl (C=O) groups excluding carboxylic acids is 1. The zero-order valence-corrected chi connectivity index (χ0v) is 17.2. The van der Waals surface area contributed by atoms with E-state index in [1.165, 1.54) is 5.01 Å². The Hall–Kier alpha value is -3.84. The van der Waals surface area contributed by atoms with E-state index in [0.29, 0.717) is 17.5 Å². The van der Waals surface area contributed by atoms with Gasteiger partial charge in [-0.15, -0.1) is 11.3 Å². The average molecular weight is 427 g/mol. The number of para-hydroxylation sites is 1. The van der Waals surface area contributed by atoms with Crippen molar-refractivity contribution in [2.45, 2.75) is 12.5 Å². The summed E-state index contributed by atoms with van der Waals surface area (Å²) in [6.07, 6.45) is 7.21. The van der Waals surface area contributed by atoms with E-state index in [1.807, 2.05) is 47.8 Å². The number of rotatable bonds is 4. The number of nitrogens with zero attached hydrogens (tertiary/aromatic N) is 4. The van der Waals surface area contributed by atoms with Crippen LogP contribution in [0.5, 0.6) is 5.75 Å². The molecule has 0 saturated heterocycles. The van der Waals surface area contributed by atoms with E-state index in [9.17, 15) is 9.90 Å². The molecule has 1 amide bonds. The molecule has 1 aromatic carbocycles. The second-order valence-electron chi connectivity index (χ2n) is 7.16. The predicted octanol–water partition coefficient (Wildman–Crippen LogP) is 4.90. The molecule has 1 unspecified atom stereocenters. The van der Waals surface area contributed by atoms with Gasteiger partial charge in [-0.05, 0) is 29.6 Å². The van der Waals surface area contributed by atoms with Crippen LogP contribution >= 0.6 is 11.3 Å². The monoisotopic (exact) mass is 426 g/mol. The minimum Gasteiger partial charge on any atom is -0.508 e. The van der Waals surface area contributed by atoms with Crippen molar-refractivity contribution in [1.29, 1.82) is 0 Å². The van der Waals surface area contributed by atoms with E-state index < -0.39 is 6.04 Å². The van der Waals surface area contributed by atoms with Gasteiger partial charge in [-0.1, -0.05) is 30.3 Å². The molecule has 1 aliphatic rings. The third-order valence-electron chi connectivity index (χ3n) is 5.20. The summed E-state index contributed by atoms with van der Waals surface area (Å²) in [6, 6.07) is 16.2. The number of hydrazone groups is 1. The van der Waals surface area contributed by atoms with Gasteiger partial charge in [0.25, 0.3) is 5.91 Å². The van der Waals surface area contributed by atoms with E-state index in [4.69, 9.17) is 0 Å². The molecule has 0 aliphatic carbocycles. The van der Waals surface area contributed by atoms with Crippen molar-refractivity contribution in [1.82, 2.24) is 15.0 Å². The summed E-state index contributed by atoms with van der Waals surface area (Å²) in [6.45, 7) is 0. The van der Waals surface area contributed by atoms with Gasteiger partial charge >= 0.3 is 0 Å². The van der Waals surface area contributed by atoms with Crippen molar-refractivity contribution in [3.8, 4) is 16.2 Å². The Morgan fingerprint density at radius 3 is 2.65 bits per heavy atom. The lowest BCUT2D eigenvalue weighted by Gasteiger charge is -2.22. The predicted molar refractivity (Wildman–Crippen MR) is 120 cm³/mol. The van der Waals surface area contributed by atoms with Crippen molar-refractivity contribution in [2.24, 2.45) is 5.10 Å². The van der Waals surface area contributed by atoms with E-state index in [2.05, 4.69) is 15.1 Å². The highest BCUT2D eigenvalue weighted by Gasteiger charge is 2.35. The highest BCUT2D eigenvalue weighted by molar-refractivity contribution is 7.13. The Bertz CT molecular complexity index is 1260. The maximum atomic E-state index is 13.5. The summed E-state index contributed by atoms with van der Waals surface area (Å²) in [5.74, 6) is -0.128. The Balaban J connectivity index is 1.55. The minimum absolute atomic E-state index is 0.137. The van der Waals surface area contributed by atoms with Crippen molar-refractivity contribution in [3.05, 3.63) is 101 Å². The van der Waals surface area contributed by atoms with Crippen molar-refractivity contribution >= 4 is 23.0 Å². The normalized spacial score (nSPS) is 15.7. The van der Waals surface area contributed by atoms with Crippen LogP contribution in [0.25, 0.3) is 10.4 Å².